The van der Waals surface area contributed by atoms with Crippen molar-refractivity contribution in [1.82, 2.24) is 14.5 Å². The van der Waals surface area contributed by atoms with Crippen molar-refractivity contribution in [2.75, 3.05) is 0 Å². The van der Waals surface area contributed by atoms with Crippen LogP contribution < -0.4 is 0 Å². The summed E-state index contributed by atoms with van der Waals surface area (Å²) in [7, 11) is 0. The van der Waals surface area contributed by atoms with E-state index >= 15 is 0 Å². The molecular weight excluding hydrogens is 244 g/mol. The summed E-state index contributed by atoms with van der Waals surface area (Å²) in [5, 5.41) is 10.8. The molecular formula is C10H9ClN4O2. The molecule has 7 heteroatoms. The van der Waals surface area contributed by atoms with Crippen LogP contribution in [0, 0.1) is 24.0 Å². The van der Waals surface area contributed by atoms with Crippen LogP contribution in [0.5, 0.6) is 0 Å². The Morgan fingerprint density at radius 3 is 2.65 bits per heavy atom. The van der Waals surface area contributed by atoms with E-state index in [0.29, 0.717) is 5.82 Å². The Bertz CT molecular complexity index is 594. The molecule has 88 valence electrons. The monoisotopic (exact) mass is 252 g/mol. The van der Waals surface area contributed by atoms with Crippen LogP contribution >= 0.6 is 11.6 Å². The molecule has 6 nitrogen and oxygen atoms in total. The van der Waals surface area contributed by atoms with Crippen LogP contribution in [-0.2, 0) is 0 Å². The zero-order valence-electron chi connectivity index (χ0n) is 9.22. The number of halogens is 1. The van der Waals surface area contributed by atoms with Gasteiger partial charge in [-0.3, -0.25) is 14.7 Å². The van der Waals surface area contributed by atoms with Crippen molar-refractivity contribution in [3.8, 4) is 5.82 Å². The number of imidazole rings is 1. The Morgan fingerprint density at radius 1 is 1.41 bits per heavy atom. The summed E-state index contributed by atoms with van der Waals surface area (Å²) in [5.41, 5.74) is 1.62. The molecule has 0 aliphatic carbocycles. The highest BCUT2D eigenvalue weighted by Crippen LogP contribution is 2.21. The fourth-order valence-corrected chi connectivity index (χ4v) is 1.63. The van der Waals surface area contributed by atoms with Gasteiger partial charge in [0.2, 0.25) is 0 Å². The van der Waals surface area contributed by atoms with Gasteiger partial charge in [-0.25, -0.2) is 9.97 Å². The van der Waals surface area contributed by atoms with E-state index in [1.54, 1.807) is 10.9 Å². The molecule has 0 bridgehead atoms. The van der Waals surface area contributed by atoms with Crippen LogP contribution in [0.2, 0.25) is 5.15 Å². The van der Waals surface area contributed by atoms with Crippen LogP contribution in [0.15, 0.2) is 18.5 Å². The average Bonchev–Trinajstić information content (AvgIpc) is 2.59. The number of aromatic nitrogens is 3. The average molecular weight is 253 g/mol. The molecule has 0 saturated carbocycles. The molecule has 0 N–H and O–H groups in total. The fraction of sp³-hybridized carbons (Fsp3) is 0.200. The van der Waals surface area contributed by atoms with Gasteiger partial charge in [0.1, 0.15) is 17.3 Å². The van der Waals surface area contributed by atoms with Crippen molar-refractivity contribution < 1.29 is 4.92 Å². The highest BCUT2D eigenvalue weighted by molar-refractivity contribution is 6.29. The first kappa shape index (κ1) is 11.5. The van der Waals surface area contributed by atoms with Crippen molar-refractivity contribution >= 4 is 17.3 Å². The molecule has 0 saturated heterocycles. The Balaban J connectivity index is 2.60. The molecule has 0 amide bonds. The molecule has 2 heterocycles. The molecule has 2 aromatic heterocycles. The van der Waals surface area contributed by atoms with Crippen molar-refractivity contribution in [2.24, 2.45) is 0 Å². The Labute approximate surface area is 102 Å². The summed E-state index contributed by atoms with van der Waals surface area (Å²) in [6.07, 6.45) is 1.56. The lowest BCUT2D eigenvalue weighted by Gasteiger charge is -2.04. The highest BCUT2D eigenvalue weighted by atomic mass is 35.5. The van der Waals surface area contributed by atoms with Crippen molar-refractivity contribution in [3.05, 3.63) is 45.1 Å². The number of rotatable bonds is 2. The van der Waals surface area contributed by atoms with Crippen molar-refractivity contribution in [3.63, 3.8) is 0 Å². The van der Waals surface area contributed by atoms with Gasteiger partial charge in [-0.1, -0.05) is 11.6 Å². The second-order valence-corrected chi connectivity index (χ2v) is 3.94. The topological polar surface area (TPSA) is 73.8 Å². The molecule has 0 fully saturated rings. The number of hydrogen-bond acceptors (Lipinski definition) is 4. The summed E-state index contributed by atoms with van der Waals surface area (Å²) in [6, 6.07) is 2.57. The smallest absolute Gasteiger partial charge is 0.276 e. The van der Waals surface area contributed by atoms with Crippen molar-refractivity contribution in [1.29, 1.82) is 0 Å². The number of nitro groups is 1. The molecule has 0 aromatic carbocycles. The third-order valence-corrected chi connectivity index (χ3v) is 2.67. The second-order valence-electron chi connectivity index (χ2n) is 3.55. The third kappa shape index (κ3) is 2.12. The largest absolute Gasteiger partial charge is 0.287 e. The minimum absolute atomic E-state index is 0.0833. The summed E-state index contributed by atoms with van der Waals surface area (Å²) in [5.74, 6) is 0.391. The molecule has 0 spiro atoms. The first-order chi connectivity index (χ1) is 7.99. The zero-order valence-corrected chi connectivity index (χ0v) is 9.97. The van der Waals surface area contributed by atoms with Gasteiger partial charge in [-0.2, -0.15) is 0 Å². The van der Waals surface area contributed by atoms with Gasteiger partial charge in [0.05, 0.1) is 22.7 Å². The van der Waals surface area contributed by atoms with Gasteiger partial charge >= 0.3 is 0 Å². The first-order valence-corrected chi connectivity index (χ1v) is 5.19. The molecule has 0 atom stereocenters. The maximum atomic E-state index is 10.7. The standard InChI is InChI=1S/C10H9ClN4O2/c1-6-7(2)14(5-12-6)10-4-8(15(16)17)3-9(11)13-10/h3-5H,1-2H3. The Hall–Kier alpha value is -1.95. The van der Waals surface area contributed by atoms with Crippen LogP contribution in [0.3, 0.4) is 0 Å². The summed E-state index contributed by atoms with van der Waals surface area (Å²) < 4.78 is 1.66. The highest BCUT2D eigenvalue weighted by Gasteiger charge is 2.13. The first-order valence-electron chi connectivity index (χ1n) is 4.82. The van der Waals surface area contributed by atoms with E-state index in [-0.39, 0.29) is 10.8 Å². The van der Waals surface area contributed by atoms with Gasteiger partial charge < -0.3 is 0 Å². The molecule has 17 heavy (non-hydrogen) atoms. The number of aryl methyl sites for hydroxylation is 1. The van der Waals surface area contributed by atoms with Gasteiger partial charge in [0.25, 0.3) is 5.69 Å². The summed E-state index contributed by atoms with van der Waals surface area (Å²) in [4.78, 5) is 18.4. The lowest BCUT2D eigenvalue weighted by atomic mass is 10.3. The minimum atomic E-state index is -0.504. The van der Waals surface area contributed by atoms with Crippen LogP contribution in [-0.4, -0.2) is 19.5 Å². The Kier molecular flexibility index (Phi) is 2.81. The van der Waals surface area contributed by atoms with E-state index < -0.39 is 4.92 Å². The van der Waals surface area contributed by atoms with Crippen molar-refractivity contribution in [2.45, 2.75) is 13.8 Å². The maximum Gasteiger partial charge on any atom is 0.276 e. The van der Waals surface area contributed by atoms with E-state index in [2.05, 4.69) is 9.97 Å². The van der Waals surface area contributed by atoms with Gasteiger partial charge in [-0.15, -0.1) is 0 Å². The molecule has 0 unspecified atom stereocenters. The van der Waals surface area contributed by atoms with Gasteiger partial charge in [-0.05, 0) is 13.8 Å². The predicted molar refractivity (Wildman–Crippen MR) is 62.5 cm³/mol. The van der Waals surface area contributed by atoms with E-state index in [0.717, 1.165) is 11.4 Å². The lowest BCUT2D eigenvalue weighted by Crippen LogP contribution is -2.00. The molecule has 0 radical (unpaired) electrons. The Morgan fingerprint density at radius 2 is 2.12 bits per heavy atom. The predicted octanol–water partition coefficient (Wildman–Crippen LogP) is 2.45. The van der Waals surface area contributed by atoms with Crippen LogP contribution in [0.4, 0.5) is 5.69 Å². The lowest BCUT2D eigenvalue weighted by molar-refractivity contribution is -0.384. The quantitative estimate of drug-likeness (QED) is 0.467. The molecule has 2 rings (SSSR count). The summed E-state index contributed by atoms with van der Waals surface area (Å²) in [6.45, 7) is 3.71. The SMILES string of the molecule is Cc1ncn(-c2cc([N+](=O)[O-])cc(Cl)n2)c1C. The van der Waals surface area contributed by atoms with Crippen LogP contribution in [0.25, 0.3) is 5.82 Å². The van der Waals surface area contributed by atoms with E-state index in [1.165, 1.54) is 12.1 Å². The normalized spacial score (nSPS) is 10.5. The van der Waals surface area contributed by atoms with E-state index in [1.807, 2.05) is 13.8 Å². The van der Waals surface area contributed by atoms with Gasteiger partial charge in [0.15, 0.2) is 0 Å². The molecule has 0 aliphatic heterocycles. The zero-order chi connectivity index (χ0) is 12.6. The maximum absolute atomic E-state index is 10.7. The third-order valence-electron chi connectivity index (χ3n) is 2.47. The number of pyridine rings is 1. The molecule has 0 aliphatic rings. The van der Waals surface area contributed by atoms with Gasteiger partial charge in [0, 0.05) is 5.69 Å². The number of hydrogen-bond donors (Lipinski definition) is 0. The minimum Gasteiger partial charge on any atom is -0.287 e. The van der Waals surface area contributed by atoms with E-state index in [9.17, 15) is 10.1 Å². The van der Waals surface area contributed by atoms with Crippen LogP contribution in [0.1, 0.15) is 11.4 Å². The summed E-state index contributed by atoms with van der Waals surface area (Å²) >= 11 is 5.75. The number of nitrogens with zero attached hydrogens (tertiary/aromatic N) is 4. The fourth-order valence-electron chi connectivity index (χ4n) is 1.43. The second kappa shape index (κ2) is 4.14. The molecule has 2 aromatic rings. The van der Waals surface area contributed by atoms with E-state index in [4.69, 9.17) is 11.6 Å².